The molecule has 0 spiro atoms. The first kappa shape index (κ1) is 17.5. The second-order valence-electron chi connectivity index (χ2n) is 6.73. The Kier molecular flexibility index (Phi) is 7.41. The highest BCUT2D eigenvalue weighted by molar-refractivity contribution is 5.14. The molecule has 1 aliphatic carbocycles. The third-order valence-corrected chi connectivity index (χ3v) is 5.14. The molecule has 0 heterocycles. The van der Waals surface area contributed by atoms with Crippen LogP contribution in [0.3, 0.4) is 0 Å². The number of hydrogen-bond acceptors (Lipinski definition) is 2. The van der Waals surface area contributed by atoms with Gasteiger partial charge in [-0.15, -0.1) is 0 Å². The molecule has 0 N–H and O–H groups in total. The minimum absolute atomic E-state index is 0.0890. The quantitative estimate of drug-likeness (QED) is 0.614. The summed E-state index contributed by atoms with van der Waals surface area (Å²) in [7, 11) is 0. The Morgan fingerprint density at radius 1 is 1.05 bits per heavy atom. The second kappa shape index (κ2) is 9.32. The van der Waals surface area contributed by atoms with Crippen molar-refractivity contribution in [3.8, 4) is 0 Å². The van der Waals surface area contributed by atoms with Gasteiger partial charge in [-0.3, -0.25) is 0 Å². The smallest absolute Gasteiger partial charge is 0.155 e. The molecule has 0 saturated heterocycles. The fraction of sp³-hybridized carbons (Fsp3) is 0.700. The van der Waals surface area contributed by atoms with E-state index in [1.807, 2.05) is 13.0 Å². The summed E-state index contributed by atoms with van der Waals surface area (Å²) < 4.78 is 11.9. The maximum absolute atomic E-state index is 6.07. The summed E-state index contributed by atoms with van der Waals surface area (Å²) in [6.07, 6.45) is 7.58. The van der Waals surface area contributed by atoms with Gasteiger partial charge in [-0.1, -0.05) is 50.6 Å². The van der Waals surface area contributed by atoms with Gasteiger partial charge < -0.3 is 9.47 Å². The Balaban J connectivity index is 1.61. The van der Waals surface area contributed by atoms with Crippen molar-refractivity contribution in [2.24, 2.45) is 11.8 Å². The fourth-order valence-electron chi connectivity index (χ4n) is 3.42. The molecule has 2 unspecified atom stereocenters. The Morgan fingerprint density at radius 3 is 2.36 bits per heavy atom. The molecular weight excluding hydrogens is 272 g/mol. The lowest BCUT2D eigenvalue weighted by Gasteiger charge is -2.33. The van der Waals surface area contributed by atoms with Crippen LogP contribution in [0.15, 0.2) is 30.3 Å². The van der Waals surface area contributed by atoms with E-state index >= 15 is 0 Å². The Labute approximate surface area is 136 Å². The van der Waals surface area contributed by atoms with Gasteiger partial charge in [0.2, 0.25) is 0 Å². The summed E-state index contributed by atoms with van der Waals surface area (Å²) in [5.41, 5.74) is 1.32. The lowest BCUT2D eigenvalue weighted by Crippen LogP contribution is -2.29. The maximum Gasteiger partial charge on any atom is 0.155 e. The molecule has 2 atom stereocenters. The SMILES string of the molecule is CCC(C)C1CCC(OC(C)OCCc2ccccc2)CC1. The lowest BCUT2D eigenvalue weighted by atomic mass is 9.79. The van der Waals surface area contributed by atoms with E-state index in [0.717, 1.165) is 24.9 Å². The van der Waals surface area contributed by atoms with Crippen LogP contribution in [0.4, 0.5) is 0 Å². The highest BCUT2D eigenvalue weighted by Crippen LogP contribution is 2.33. The Morgan fingerprint density at radius 2 is 1.73 bits per heavy atom. The first-order chi connectivity index (χ1) is 10.7. The molecule has 0 aromatic heterocycles. The van der Waals surface area contributed by atoms with Crippen molar-refractivity contribution in [1.29, 1.82) is 0 Å². The van der Waals surface area contributed by atoms with E-state index in [2.05, 4.69) is 38.1 Å². The van der Waals surface area contributed by atoms with Crippen molar-refractivity contribution in [3.63, 3.8) is 0 Å². The molecule has 0 radical (unpaired) electrons. The summed E-state index contributed by atoms with van der Waals surface area (Å²) in [6, 6.07) is 10.5. The average molecular weight is 304 g/mol. The van der Waals surface area contributed by atoms with Gasteiger partial charge in [-0.05, 0) is 56.4 Å². The van der Waals surface area contributed by atoms with E-state index < -0.39 is 0 Å². The monoisotopic (exact) mass is 304 g/mol. The molecule has 1 aromatic carbocycles. The number of hydrogen-bond donors (Lipinski definition) is 0. The number of rotatable bonds is 8. The number of ether oxygens (including phenoxy) is 2. The molecule has 1 fully saturated rings. The van der Waals surface area contributed by atoms with Crippen LogP contribution in [0.2, 0.25) is 0 Å². The van der Waals surface area contributed by atoms with E-state index in [1.54, 1.807) is 0 Å². The number of benzene rings is 1. The summed E-state index contributed by atoms with van der Waals surface area (Å²) in [5.74, 6) is 1.76. The predicted octanol–water partition coefficient (Wildman–Crippen LogP) is 5.21. The van der Waals surface area contributed by atoms with Crippen molar-refractivity contribution in [1.82, 2.24) is 0 Å². The van der Waals surface area contributed by atoms with Crippen LogP contribution in [0.1, 0.15) is 58.4 Å². The van der Waals surface area contributed by atoms with Crippen molar-refractivity contribution in [3.05, 3.63) is 35.9 Å². The van der Waals surface area contributed by atoms with E-state index in [9.17, 15) is 0 Å². The molecule has 2 heteroatoms. The first-order valence-corrected chi connectivity index (χ1v) is 9.00. The molecule has 0 aliphatic heterocycles. The van der Waals surface area contributed by atoms with Crippen LogP contribution >= 0.6 is 0 Å². The lowest BCUT2D eigenvalue weighted by molar-refractivity contribution is -0.168. The van der Waals surface area contributed by atoms with Gasteiger partial charge in [0.15, 0.2) is 6.29 Å². The van der Waals surface area contributed by atoms with Gasteiger partial charge in [-0.25, -0.2) is 0 Å². The molecule has 0 bridgehead atoms. The van der Waals surface area contributed by atoms with Gasteiger partial charge in [-0.2, -0.15) is 0 Å². The summed E-state index contributed by atoms with van der Waals surface area (Å²) >= 11 is 0. The highest BCUT2D eigenvalue weighted by Gasteiger charge is 2.25. The Hall–Kier alpha value is -0.860. The van der Waals surface area contributed by atoms with Gasteiger partial charge in [0.25, 0.3) is 0 Å². The average Bonchev–Trinajstić information content (AvgIpc) is 2.56. The largest absolute Gasteiger partial charge is 0.353 e. The van der Waals surface area contributed by atoms with Crippen molar-refractivity contribution in [2.45, 2.75) is 71.7 Å². The fourth-order valence-corrected chi connectivity index (χ4v) is 3.42. The van der Waals surface area contributed by atoms with Gasteiger partial charge in [0.1, 0.15) is 0 Å². The molecule has 1 aliphatic rings. The van der Waals surface area contributed by atoms with E-state index in [-0.39, 0.29) is 6.29 Å². The molecule has 0 amide bonds. The van der Waals surface area contributed by atoms with Gasteiger partial charge in [0, 0.05) is 0 Å². The van der Waals surface area contributed by atoms with Crippen LogP contribution < -0.4 is 0 Å². The highest BCUT2D eigenvalue weighted by atomic mass is 16.7. The van der Waals surface area contributed by atoms with Crippen LogP contribution in [0.5, 0.6) is 0 Å². The second-order valence-corrected chi connectivity index (χ2v) is 6.73. The standard InChI is InChI=1S/C20H32O2/c1-4-16(2)19-10-12-20(13-11-19)22-17(3)21-15-14-18-8-6-5-7-9-18/h5-9,16-17,19-20H,4,10-15H2,1-3H3. The zero-order chi connectivity index (χ0) is 15.8. The first-order valence-electron chi connectivity index (χ1n) is 9.00. The van der Waals surface area contributed by atoms with Crippen molar-refractivity contribution < 1.29 is 9.47 Å². The molecule has 2 nitrogen and oxygen atoms in total. The third kappa shape index (κ3) is 5.73. The van der Waals surface area contributed by atoms with Crippen molar-refractivity contribution >= 4 is 0 Å². The Bertz CT molecular complexity index is 395. The molecule has 124 valence electrons. The minimum atomic E-state index is -0.0890. The third-order valence-electron chi connectivity index (χ3n) is 5.14. The van der Waals surface area contributed by atoms with Crippen LogP contribution in [0, 0.1) is 11.8 Å². The summed E-state index contributed by atoms with van der Waals surface area (Å²) in [6.45, 7) is 7.45. The minimum Gasteiger partial charge on any atom is -0.353 e. The predicted molar refractivity (Wildman–Crippen MR) is 91.8 cm³/mol. The summed E-state index contributed by atoms with van der Waals surface area (Å²) in [4.78, 5) is 0. The molecule has 2 rings (SSSR count). The molecule has 1 aromatic rings. The van der Waals surface area contributed by atoms with Crippen LogP contribution in [0.25, 0.3) is 0 Å². The summed E-state index contributed by atoms with van der Waals surface area (Å²) in [5, 5.41) is 0. The van der Waals surface area contributed by atoms with Crippen LogP contribution in [-0.4, -0.2) is 19.0 Å². The topological polar surface area (TPSA) is 18.5 Å². The van der Waals surface area contributed by atoms with Crippen LogP contribution in [-0.2, 0) is 15.9 Å². The van der Waals surface area contributed by atoms with E-state index in [1.165, 1.54) is 37.7 Å². The van der Waals surface area contributed by atoms with Crippen molar-refractivity contribution in [2.75, 3.05) is 6.61 Å². The maximum atomic E-state index is 6.07. The van der Waals surface area contributed by atoms with E-state index in [4.69, 9.17) is 9.47 Å². The van der Waals surface area contributed by atoms with Gasteiger partial charge >= 0.3 is 0 Å². The zero-order valence-corrected chi connectivity index (χ0v) is 14.5. The molecule has 22 heavy (non-hydrogen) atoms. The van der Waals surface area contributed by atoms with Gasteiger partial charge in [0.05, 0.1) is 12.7 Å². The molecular formula is C20H32O2. The normalized spacial score (nSPS) is 24.9. The zero-order valence-electron chi connectivity index (χ0n) is 14.5. The molecule has 1 saturated carbocycles. The van der Waals surface area contributed by atoms with E-state index in [0.29, 0.717) is 6.10 Å².